The quantitative estimate of drug-likeness (QED) is 0.885. The van der Waals surface area contributed by atoms with Crippen molar-refractivity contribution in [1.82, 2.24) is 9.62 Å². The van der Waals surface area contributed by atoms with E-state index in [0.717, 1.165) is 0 Å². The molecule has 7 heteroatoms. The van der Waals surface area contributed by atoms with Crippen LogP contribution in [-0.2, 0) is 10.0 Å². The lowest BCUT2D eigenvalue weighted by molar-refractivity contribution is 0.271. The second-order valence-electron chi connectivity index (χ2n) is 5.89. The van der Waals surface area contributed by atoms with Crippen LogP contribution in [0.2, 0.25) is 0 Å². The number of ether oxygens (including phenoxy) is 1. The number of nitrogens with zero attached hydrogens (tertiary/aromatic N) is 1. The van der Waals surface area contributed by atoms with Gasteiger partial charge in [0.05, 0.1) is 11.5 Å². The van der Waals surface area contributed by atoms with E-state index in [0.29, 0.717) is 42.8 Å². The monoisotopic (exact) mass is 348 g/mol. The fourth-order valence-corrected chi connectivity index (χ4v) is 3.76. The fourth-order valence-electron chi connectivity index (χ4n) is 2.24. The normalized spacial score (nSPS) is 19.7. The van der Waals surface area contributed by atoms with E-state index < -0.39 is 10.0 Å². The van der Waals surface area contributed by atoms with Crippen molar-refractivity contribution < 1.29 is 13.2 Å². The van der Waals surface area contributed by atoms with Gasteiger partial charge in [0.2, 0.25) is 10.0 Å². The first-order chi connectivity index (χ1) is 9.89. The fraction of sp³-hybridized carbons (Fsp3) is 0.600. The van der Waals surface area contributed by atoms with Crippen LogP contribution in [0.15, 0.2) is 29.2 Å². The van der Waals surface area contributed by atoms with E-state index in [1.807, 2.05) is 6.92 Å². The molecule has 0 bridgehead atoms. The number of sulfonamides is 1. The molecule has 1 saturated heterocycles. The lowest BCUT2D eigenvalue weighted by Gasteiger charge is -2.31. The topological polar surface area (TPSA) is 58.6 Å². The maximum atomic E-state index is 12.6. The summed E-state index contributed by atoms with van der Waals surface area (Å²) in [5.41, 5.74) is 0. The SMILES string of the molecule is CC(C)COc1ccc(S(=O)(=O)N2CCNC(C)C2)cc1.Cl. The van der Waals surface area contributed by atoms with Crippen molar-refractivity contribution in [3.8, 4) is 5.75 Å². The number of benzene rings is 1. The summed E-state index contributed by atoms with van der Waals surface area (Å²) in [6.45, 7) is 8.48. The number of hydrogen-bond acceptors (Lipinski definition) is 4. The minimum absolute atomic E-state index is 0. The van der Waals surface area contributed by atoms with Crippen LogP contribution in [0.1, 0.15) is 20.8 Å². The molecule has 5 nitrogen and oxygen atoms in total. The Morgan fingerprint density at radius 3 is 2.50 bits per heavy atom. The first kappa shape index (κ1) is 19.2. The Balaban J connectivity index is 0.00000242. The molecule has 1 unspecified atom stereocenters. The van der Waals surface area contributed by atoms with E-state index in [4.69, 9.17) is 4.74 Å². The molecule has 1 aliphatic rings. The van der Waals surface area contributed by atoms with E-state index in [9.17, 15) is 8.42 Å². The third kappa shape index (κ3) is 4.84. The van der Waals surface area contributed by atoms with Crippen LogP contribution < -0.4 is 10.1 Å². The van der Waals surface area contributed by atoms with Gasteiger partial charge in [0, 0.05) is 25.7 Å². The minimum Gasteiger partial charge on any atom is -0.493 e. The van der Waals surface area contributed by atoms with Crippen LogP contribution in [0.3, 0.4) is 0 Å². The molecule has 1 aliphatic heterocycles. The van der Waals surface area contributed by atoms with E-state index >= 15 is 0 Å². The molecule has 0 radical (unpaired) electrons. The zero-order valence-corrected chi connectivity index (χ0v) is 14.9. The Morgan fingerprint density at radius 2 is 1.95 bits per heavy atom. The summed E-state index contributed by atoms with van der Waals surface area (Å²) >= 11 is 0. The van der Waals surface area contributed by atoms with Crippen LogP contribution in [0, 0.1) is 5.92 Å². The molecule has 0 spiro atoms. The number of piperazine rings is 1. The maximum absolute atomic E-state index is 12.6. The third-order valence-electron chi connectivity index (χ3n) is 3.38. The second kappa shape index (κ2) is 8.15. The standard InChI is InChI=1S/C15H24N2O3S.ClH/c1-12(2)11-20-14-4-6-15(7-5-14)21(18,19)17-9-8-16-13(3)10-17;/h4-7,12-13,16H,8-11H2,1-3H3;1H. The maximum Gasteiger partial charge on any atom is 0.243 e. The van der Waals surface area contributed by atoms with Crippen molar-refractivity contribution in [1.29, 1.82) is 0 Å². The van der Waals surface area contributed by atoms with Gasteiger partial charge in [-0.2, -0.15) is 4.31 Å². The molecule has 22 heavy (non-hydrogen) atoms. The van der Waals surface area contributed by atoms with Crippen LogP contribution in [0.5, 0.6) is 5.75 Å². The van der Waals surface area contributed by atoms with Gasteiger partial charge in [-0.15, -0.1) is 12.4 Å². The summed E-state index contributed by atoms with van der Waals surface area (Å²) in [6, 6.07) is 6.87. The molecule has 0 amide bonds. The van der Waals surface area contributed by atoms with E-state index in [1.54, 1.807) is 24.3 Å². The Bertz CT molecular complexity index is 561. The van der Waals surface area contributed by atoms with Gasteiger partial charge in [0.25, 0.3) is 0 Å². The van der Waals surface area contributed by atoms with Crippen LogP contribution in [0.4, 0.5) is 0 Å². The molecule has 1 fully saturated rings. The largest absolute Gasteiger partial charge is 0.493 e. The summed E-state index contributed by atoms with van der Waals surface area (Å²) < 4.78 is 32.3. The van der Waals surface area contributed by atoms with Gasteiger partial charge in [-0.05, 0) is 37.1 Å². The second-order valence-corrected chi connectivity index (χ2v) is 7.83. The van der Waals surface area contributed by atoms with Crippen LogP contribution >= 0.6 is 12.4 Å². The van der Waals surface area contributed by atoms with Gasteiger partial charge >= 0.3 is 0 Å². The average Bonchev–Trinajstić information content (AvgIpc) is 2.45. The average molecular weight is 349 g/mol. The summed E-state index contributed by atoms with van der Waals surface area (Å²) in [7, 11) is -3.41. The molecule has 0 saturated carbocycles. The Morgan fingerprint density at radius 1 is 1.32 bits per heavy atom. The van der Waals surface area contributed by atoms with Crippen molar-refractivity contribution in [3.05, 3.63) is 24.3 Å². The molecular formula is C15H25ClN2O3S. The van der Waals surface area contributed by atoms with Gasteiger partial charge in [-0.3, -0.25) is 0 Å². The van der Waals surface area contributed by atoms with Crippen molar-refractivity contribution in [2.45, 2.75) is 31.7 Å². The first-order valence-corrected chi connectivity index (χ1v) is 8.80. The number of halogens is 1. The molecule has 0 aromatic heterocycles. The highest BCUT2D eigenvalue weighted by Gasteiger charge is 2.28. The zero-order valence-electron chi connectivity index (χ0n) is 13.3. The molecule has 2 rings (SSSR count). The molecular weight excluding hydrogens is 324 g/mol. The van der Waals surface area contributed by atoms with Gasteiger partial charge in [-0.1, -0.05) is 13.8 Å². The summed E-state index contributed by atoms with van der Waals surface area (Å²) in [5, 5.41) is 3.25. The van der Waals surface area contributed by atoms with Gasteiger partial charge in [-0.25, -0.2) is 8.42 Å². The van der Waals surface area contributed by atoms with E-state index in [2.05, 4.69) is 19.2 Å². The third-order valence-corrected chi connectivity index (χ3v) is 5.26. The first-order valence-electron chi connectivity index (χ1n) is 7.36. The lowest BCUT2D eigenvalue weighted by atomic mass is 10.2. The summed E-state index contributed by atoms with van der Waals surface area (Å²) in [5.74, 6) is 1.15. The van der Waals surface area contributed by atoms with Gasteiger partial charge in [0.15, 0.2) is 0 Å². The van der Waals surface area contributed by atoms with Crippen molar-refractivity contribution in [3.63, 3.8) is 0 Å². The highest BCUT2D eigenvalue weighted by atomic mass is 35.5. The molecule has 1 heterocycles. The Labute approximate surface area is 139 Å². The van der Waals surface area contributed by atoms with Gasteiger partial charge in [0.1, 0.15) is 5.75 Å². The molecule has 1 aromatic carbocycles. The van der Waals surface area contributed by atoms with Crippen molar-refractivity contribution >= 4 is 22.4 Å². The highest BCUT2D eigenvalue weighted by molar-refractivity contribution is 7.89. The van der Waals surface area contributed by atoms with Crippen LogP contribution in [-0.4, -0.2) is 45.0 Å². The van der Waals surface area contributed by atoms with Crippen molar-refractivity contribution in [2.75, 3.05) is 26.2 Å². The smallest absolute Gasteiger partial charge is 0.243 e. The van der Waals surface area contributed by atoms with E-state index in [-0.39, 0.29) is 18.4 Å². The molecule has 126 valence electrons. The summed E-state index contributed by atoms with van der Waals surface area (Å²) in [4.78, 5) is 0.327. The highest BCUT2D eigenvalue weighted by Crippen LogP contribution is 2.21. The molecule has 0 aliphatic carbocycles. The number of nitrogens with one attached hydrogen (secondary N) is 1. The predicted molar refractivity (Wildman–Crippen MR) is 90.2 cm³/mol. The number of hydrogen-bond donors (Lipinski definition) is 1. The van der Waals surface area contributed by atoms with Crippen molar-refractivity contribution in [2.24, 2.45) is 5.92 Å². The van der Waals surface area contributed by atoms with E-state index in [1.165, 1.54) is 4.31 Å². The molecule has 1 N–H and O–H groups in total. The lowest BCUT2D eigenvalue weighted by Crippen LogP contribution is -2.51. The minimum atomic E-state index is -3.41. The molecule has 1 atom stereocenters. The number of rotatable bonds is 5. The zero-order chi connectivity index (χ0) is 15.5. The van der Waals surface area contributed by atoms with Crippen LogP contribution in [0.25, 0.3) is 0 Å². The Kier molecular flexibility index (Phi) is 7.12. The summed E-state index contributed by atoms with van der Waals surface area (Å²) in [6.07, 6.45) is 0. The van der Waals surface area contributed by atoms with Gasteiger partial charge < -0.3 is 10.1 Å². The Hall–Kier alpha value is -0.820. The predicted octanol–water partition coefficient (Wildman–Crippen LogP) is 2.13. The molecule has 1 aromatic rings.